The first-order chi connectivity index (χ1) is 13.4. The molecule has 152 valence electrons. The second-order valence-corrected chi connectivity index (χ2v) is 7.09. The van der Waals surface area contributed by atoms with Crippen molar-refractivity contribution in [1.29, 1.82) is 0 Å². The summed E-state index contributed by atoms with van der Waals surface area (Å²) in [6.45, 7) is 5.97. The van der Waals surface area contributed by atoms with E-state index in [2.05, 4.69) is 10.6 Å². The van der Waals surface area contributed by atoms with Crippen molar-refractivity contribution in [1.82, 2.24) is 0 Å². The maximum atomic E-state index is 12.4. The fraction of sp³-hybridized carbons (Fsp3) is 0.400. The Kier molecular flexibility index (Phi) is 7.69. The molecule has 0 aliphatic carbocycles. The van der Waals surface area contributed by atoms with Crippen molar-refractivity contribution < 1.29 is 23.8 Å². The first kappa shape index (κ1) is 21.6. The van der Waals surface area contributed by atoms with E-state index in [1.807, 2.05) is 19.9 Å². The highest BCUT2D eigenvalue weighted by atomic mass is 32.1. The molecule has 0 saturated carbocycles. The quantitative estimate of drug-likeness (QED) is 0.615. The lowest BCUT2D eigenvalue weighted by molar-refractivity contribution is -0.114. The van der Waals surface area contributed by atoms with Gasteiger partial charge in [-0.15, -0.1) is 11.3 Å². The maximum absolute atomic E-state index is 12.4. The molecule has 1 aromatic heterocycles. The molecule has 28 heavy (non-hydrogen) atoms. The first-order valence-corrected chi connectivity index (χ1v) is 9.81. The van der Waals surface area contributed by atoms with Crippen molar-refractivity contribution in [3.63, 3.8) is 0 Å². The predicted molar refractivity (Wildman–Crippen MR) is 111 cm³/mol. The molecule has 0 unspecified atom stereocenters. The van der Waals surface area contributed by atoms with E-state index in [0.717, 1.165) is 22.5 Å². The van der Waals surface area contributed by atoms with Gasteiger partial charge in [0.15, 0.2) is 11.5 Å². The molecule has 0 aliphatic rings. The zero-order chi connectivity index (χ0) is 20.7. The summed E-state index contributed by atoms with van der Waals surface area (Å²) in [7, 11) is 3.13. The summed E-state index contributed by atoms with van der Waals surface area (Å²) < 4.78 is 15.6. The van der Waals surface area contributed by atoms with E-state index < -0.39 is 5.97 Å². The Morgan fingerprint density at radius 1 is 1.07 bits per heavy atom. The van der Waals surface area contributed by atoms with Crippen molar-refractivity contribution >= 4 is 33.9 Å². The van der Waals surface area contributed by atoms with E-state index >= 15 is 0 Å². The van der Waals surface area contributed by atoms with Crippen LogP contribution in [0.15, 0.2) is 18.2 Å². The molecular weight excluding hydrogens is 380 g/mol. The van der Waals surface area contributed by atoms with E-state index in [1.165, 1.54) is 11.3 Å². The number of ether oxygens (including phenoxy) is 3. The molecule has 8 heteroatoms. The number of hydrogen-bond donors (Lipinski definition) is 2. The molecule has 0 atom stereocenters. The van der Waals surface area contributed by atoms with Gasteiger partial charge in [-0.25, -0.2) is 4.79 Å². The minimum atomic E-state index is -0.433. The molecule has 0 radical (unpaired) electrons. The predicted octanol–water partition coefficient (Wildman–Crippen LogP) is 3.86. The van der Waals surface area contributed by atoms with Crippen LogP contribution in [0.4, 0.5) is 10.7 Å². The van der Waals surface area contributed by atoms with Crippen molar-refractivity contribution in [2.24, 2.45) is 0 Å². The summed E-state index contributed by atoms with van der Waals surface area (Å²) in [6.07, 6.45) is 0.774. The van der Waals surface area contributed by atoms with Gasteiger partial charge in [-0.3, -0.25) is 4.79 Å². The van der Waals surface area contributed by atoms with Gasteiger partial charge in [0, 0.05) is 16.6 Å². The van der Waals surface area contributed by atoms with Gasteiger partial charge < -0.3 is 24.8 Å². The van der Waals surface area contributed by atoms with Gasteiger partial charge in [-0.1, -0.05) is 6.92 Å². The number of anilines is 2. The minimum Gasteiger partial charge on any atom is -0.493 e. The Bertz CT molecular complexity index is 847. The number of thiophene rings is 1. The zero-order valence-corrected chi connectivity index (χ0v) is 17.6. The average Bonchev–Trinajstić information content (AvgIpc) is 3.09. The Balaban J connectivity index is 2.09. The molecule has 7 nitrogen and oxygen atoms in total. The molecule has 0 fully saturated rings. The van der Waals surface area contributed by atoms with Crippen LogP contribution >= 0.6 is 11.3 Å². The molecule has 1 aromatic carbocycles. The number of carbonyl (C=O) groups is 2. The van der Waals surface area contributed by atoms with Crippen LogP contribution in [0.1, 0.15) is 34.6 Å². The third-order valence-electron chi connectivity index (χ3n) is 4.05. The lowest BCUT2D eigenvalue weighted by Gasteiger charge is -2.14. The molecular formula is C20H26N2O5S. The third-order valence-corrected chi connectivity index (χ3v) is 5.24. The fourth-order valence-corrected chi connectivity index (χ4v) is 3.59. The van der Waals surface area contributed by atoms with Crippen molar-refractivity contribution in [3.05, 3.63) is 34.2 Å². The smallest absolute Gasteiger partial charge is 0.341 e. The first-order valence-electron chi connectivity index (χ1n) is 8.99. The summed E-state index contributed by atoms with van der Waals surface area (Å²) in [5.74, 6) is 0.507. The molecule has 0 spiro atoms. The highest BCUT2D eigenvalue weighted by Gasteiger charge is 2.19. The number of benzene rings is 1. The Morgan fingerprint density at radius 2 is 1.75 bits per heavy atom. The van der Waals surface area contributed by atoms with Crippen LogP contribution in [0.5, 0.6) is 11.5 Å². The summed E-state index contributed by atoms with van der Waals surface area (Å²) in [6, 6.07) is 5.39. The molecule has 2 aromatic rings. The van der Waals surface area contributed by atoms with Crippen LogP contribution < -0.4 is 20.1 Å². The number of carbonyl (C=O) groups excluding carboxylic acids is 2. The highest BCUT2D eigenvalue weighted by Crippen LogP contribution is 2.33. The molecule has 0 bridgehead atoms. The lowest BCUT2D eigenvalue weighted by Crippen LogP contribution is -2.22. The summed E-state index contributed by atoms with van der Waals surface area (Å²) in [4.78, 5) is 25.6. The van der Waals surface area contributed by atoms with Crippen molar-refractivity contribution in [3.8, 4) is 11.5 Å². The number of hydrogen-bond acceptors (Lipinski definition) is 7. The van der Waals surface area contributed by atoms with Crippen LogP contribution in [0.2, 0.25) is 0 Å². The molecule has 1 amide bonds. The number of rotatable bonds is 9. The van der Waals surface area contributed by atoms with Crippen LogP contribution in [-0.4, -0.2) is 39.2 Å². The van der Waals surface area contributed by atoms with Crippen LogP contribution in [-0.2, 0) is 16.0 Å². The van der Waals surface area contributed by atoms with E-state index in [1.54, 1.807) is 33.3 Å². The molecule has 0 saturated heterocycles. The van der Waals surface area contributed by atoms with Crippen molar-refractivity contribution in [2.45, 2.75) is 27.2 Å². The topological polar surface area (TPSA) is 85.9 Å². The van der Waals surface area contributed by atoms with Crippen LogP contribution in [0, 0.1) is 6.92 Å². The van der Waals surface area contributed by atoms with Crippen molar-refractivity contribution in [2.75, 3.05) is 38.0 Å². The van der Waals surface area contributed by atoms with Crippen LogP contribution in [0.25, 0.3) is 0 Å². The number of esters is 1. The Morgan fingerprint density at radius 3 is 2.36 bits per heavy atom. The van der Waals surface area contributed by atoms with E-state index in [9.17, 15) is 9.59 Å². The Labute approximate surface area is 169 Å². The second kappa shape index (κ2) is 9.98. The average molecular weight is 407 g/mol. The van der Waals surface area contributed by atoms with Gasteiger partial charge >= 0.3 is 5.97 Å². The van der Waals surface area contributed by atoms with E-state index in [4.69, 9.17) is 14.2 Å². The van der Waals surface area contributed by atoms with Gasteiger partial charge in [0.25, 0.3) is 0 Å². The second-order valence-electron chi connectivity index (χ2n) is 5.95. The van der Waals surface area contributed by atoms with E-state index in [0.29, 0.717) is 22.1 Å². The minimum absolute atomic E-state index is 0.0396. The SMILES string of the molecule is CCOC(=O)c1cc(CC)sc1NC(=O)CNc1cc(OC)c(OC)cc1C. The largest absolute Gasteiger partial charge is 0.493 e. The lowest BCUT2D eigenvalue weighted by atomic mass is 10.1. The van der Waals surface area contributed by atoms with Crippen LogP contribution in [0.3, 0.4) is 0 Å². The number of nitrogens with one attached hydrogen (secondary N) is 2. The third kappa shape index (κ3) is 5.16. The van der Waals surface area contributed by atoms with Gasteiger partial charge in [0.1, 0.15) is 5.00 Å². The summed E-state index contributed by atoms with van der Waals surface area (Å²) in [5, 5.41) is 6.41. The number of aryl methyl sites for hydroxylation is 2. The maximum Gasteiger partial charge on any atom is 0.341 e. The molecule has 0 aliphatic heterocycles. The van der Waals surface area contributed by atoms with Gasteiger partial charge in [0.2, 0.25) is 5.91 Å². The molecule has 2 rings (SSSR count). The molecule has 1 heterocycles. The zero-order valence-electron chi connectivity index (χ0n) is 16.8. The summed E-state index contributed by atoms with van der Waals surface area (Å²) in [5.41, 5.74) is 2.07. The standard InChI is InChI=1S/C20H26N2O5S/c1-6-13-9-14(20(24)27-7-2)19(28-13)22-18(23)11-21-15-10-17(26-5)16(25-4)8-12(15)3/h8-10,21H,6-7,11H2,1-5H3,(H,22,23). The number of amides is 1. The van der Waals surface area contributed by atoms with E-state index in [-0.39, 0.29) is 19.1 Å². The normalized spacial score (nSPS) is 10.3. The van der Waals surface area contributed by atoms with Gasteiger partial charge in [-0.05, 0) is 38.0 Å². The Hall–Kier alpha value is -2.74. The highest BCUT2D eigenvalue weighted by molar-refractivity contribution is 7.16. The summed E-state index contributed by atoms with van der Waals surface area (Å²) >= 11 is 1.38. The van der Waals surface area contributed by atoms with Gasteiger partial charge in [0.05, 0.1) is 32.9 Å². The fourth-order valence-electron chi connectivity index (χ4n) is 2.59. The molecule has 2 N–H and O–H groups in total. The monoisotopic (exact) mass is 406 g/mol. The number of methoxy groups -OCH3 is 2. The van der Waals surface area contributed by atoms with Gasteiger partial charge in [-0.2, -0.15) is 0 Å².